The number of hydrogen-bond donors (Lipinski definition) is 1. The summed E-state index contributed by atoms with van der Waals surface area (Å²) in [5.74, 6) is -0.135. The molecule has 0 aliphatic heterocycles. The van der Waals surface area contributed by atoms with Gasteiger partial charge in [0.2, 0.25) is 5.91 Å². The average molecular weight is 345 g/mol. The molecule has 0 radical (unpaired) electrons. The minimum absolute atomic E-state index is 0.135. The highest BCUT2D eigenvalue weighted by atomic mass is 79.9. The Bertz CT molecular complexity index is 794. The SMILES string of the molecule is C[C@H](C(=O)Nc1cccc2cccnc12)n1cc(Br)cn1. The predicted molar refractivity (Wildman–Crippen MR) is 85.0 cm³/mol. The summed E-state index contributed by atoms with van der Waals surface area (Å²) in [4.78, 5) is 16.7. The van der Waals surface area contributed by atoms with Gasteiger partial charge in [0, 0.05) is 17.8 Å². The Morgan fingerprint density at radius 1 is 1.33 bits per heavy atom. The van der Waals surface area contributed by atoms with E-state index in [2.05, 4.69) is 31.3 Å². The molecular weight excluding hydrogens is 332 g/mol. The number of fused-ring (bicyclic) bond motifs is 1. The summed E-state index contributed by atoms with van der Waals surface area (Å²) in [6.07, 6.45) is 5.14. The topological polar surface area (TPSA) is 59.8 Å². The number of halogens is 1. The molecule has 106 valence electrons. The molecule has 6 heteroatoms. The molecule has 0 aliphatic rings. The average Bonchev–Trinajstić information content (AvgIpc) is 2.93. The fourth-order valence-corrected chi connectivity index (χ4v) is 2.39. The standard InChI is InChI=1S/C15H13BrN4O/c1-10(20-9-12(16)8-18-20)15(21)19-13-6-2-4-11-5-3-7-17-14(11)13/h2-10H,1H3,(H,19,21)/t10-/m1/s1. The summed E-state index contributed by atoms with van der Waals surface area (Å²) in [7, 11) is 0. The Morgan fingerprint density at radius 3 is 2.90 bits per heavy atom. The van der Waals surface area contributed by atoms with Crippen molar-refractivity contribution in [1.82, 2.24) is 14.8 Å². The van der Waals surface area contributed by atoms with Crippen LogP contribution in [-0.4, -0.2) is 20.7 Å². The monoisotopic (exact) mass is 344 g/mol. The van der Waals surface area contributed by atoms with Gasteiger partial charge in [-0.15, -0.1) is 0 Å². The Hall–Kier alpha value is -2.21. The second kappa shape index (κ2) is 5.65. The molecule has 0 saturated heterocycles. The van der Waals surface area contributed by atoms with Crippen LogP contribution in [0.25, 0.3) is 10.9 Å². The van der Waals surface area contributed by atoms with Crippen molar-refractivity contribution in [2.24, 2.45) is 0 Å². The van der Waals surface area contributed by atoms with E-state index in [0.717, 1.165) is 15.4 Å². The maximum Gasteiger partial charge on any atom is 0.249 e. The second-order valence-corrected chi connectivity index (χ2v) is 5.60. The first-order chi connectivity index (χ1) is 10.1. The number of anilines is 1. The van der Waals surface area contributed by atoms with Gasteiger partial charge >= 0.3 is 0 Å². The van der Waals surface area contributed by atoms with Crippen LogP contribution in [-0.2, 0) is 4.79 Å². The molecule has 0 spiro atoms. The van der Waals surface area contributed by atoms with Crippen LogP contribution in [0, 0.1) is 0 Å². The molecule has 3 aromatic rings. The van der Waals surface area contributed by atoms with Gasteiger partial charge in [0.05, 0.1) is 21.9 Å². The first-order valence-corrected chi connectivity index (χ1v) is 7.29. The third-order valence-corrected chi connectivity index (χ3v) is 3.65. The quantitative estimate of drug-likeness (QED) is 0.792. The number of hydrogen-bond acceptors (Lipinski definition) is 3. The van der Waals surface area contributed by atoms with Crippen LogP contribution >= 0.6 is 15.9 Å². The van der Waals surface area contributed by atoms with Gasteiger partial charge in [-0.3, -0.25) is 14.5 Å². The van der Waals surface area contributed by atoms with E-state index in [1.54, 1.807) is 30.2 Å². The lowest BCUT2D eigenvalue weighted by atomic mass is 10.2. The van der Waals surface area contributed by atoms with Gasteiger partial charge in [0.25, 0.3) is 0 Å². The first kappa shape index (κ1) is 13.8. The zero-order chi connectivity index (χ0) is 14.8. The van der Waals surface area contributed by atoms with E-state index < -0.39 is 6.04 Å². The molecular formula is C15H13BrN4O. The number of carbonyl (C=O) groups excluding carboxylic acids is 1. The molecule has 1 N–H and O–H groups in total. The number of aromatic nitrogens is 3. The van der Waals surface area contributed by atoms with Crippen LogP contribution in [0.2, 0.25) is 0 Å². The normalized spacial score (nSPS) is 12.3. The number of amides is 1. The number of nitrogens with zero attached hydrogens (tertiary/aromatic N) is 3. The summed E-state index contributed by atoms with van der Waals surface area (Å²) < 4.78 is 2.45. The molecule has 0 bridgehead atoms. The largest absolute Gasteiger partial charge is 0.322 e. The maximum atomic E-state index is 12.4. The summed E-state index contributed by atoms with van der Waals surface area (Å²) in [5.41, 5.74) is 1.48. The van der Waals surface area contributed by atoms with Crippen molar-refractivity contribution >= 4 is 38.4 Å². The van der Waals surface area contributed by atoms with E-state index in [1.807, 2.05) is 30.3 Å². The van der Waals surface area contributed by atoms with Gasteiger partial charge in [-0.1, -0.05) is 18.2 Å². The van der Waals surface area contributed by atoms with E-state index in [-0.39, 0.29) is 5.91 Å². The Balaban J connectivity index is 1.86. The molecule has 21 heavy (non-hydrogen) atoms. The van der Waals surface area contributed by atoms with Gasteiger partial charge < -0.3 is 5.32 Å². The van der Waals surface area contributed by atoms with E-state index in [9.17, 15) is 4.79 Å². The van der Waals surface area contributed by atoms with Crippen molar-refractivity contribution in [2.75, 3.05) is 5.32 Å². The van der Waals surface area contributed by atoms with Crippen LogP contribution in [0.5, 0.6) is 0 Å². The number of benzene rings is 1. The lowest BCUT2D eigenvalue weighted by Crippen LogP contribution is -2.24. The first-order valence-electron chi connectivity index (χ1n) is 6.49. The zero-order valence-corrected chi connectivity index (χ0v) is 12.9. The maximum absolute atomic E-state index is 12.4. The van der Waals surface area contributed by atoms with Crippen LogP contribution in [0.15, 0.2) is 53.4 Å². The highest BCUT2D eigenvalue weighted by Gasteiger charge is 2.17. The number of pyridine rings is 1. The van der Waals surface area contributed by atoms with E-state index in [0.29, 0.717) is 5.69 Å². The summed E-state index contributed by atoms with van der Waals surface area (Å²) in [6.45, 7) is 1.80. The van der Waals surface area contributed by atoms with Gasteiger partial charge in [-0.25, -0.2) is 0 Å². The Kier molecular flexibility index (Phi) is 3.70. The lowest BCUT2D eigenvalue weighted by Gasteiger charge is -2.13. The molecule has 2 aromatic heterocycles. The zero-order valence-electron chi connectivity index (χ0n) is 11.3. The molecule has 0 saturated carbocycles. The van der Waals surface area contributed by atoms with Gasteiger partial charge in [0.1, 0.15) is 6.04 Å². The molecule has 1 amide bonds. The smallest absolute Gasteiger partial charge is 0.249 e. The van der Waals surface area contributed by atoms with E-state index >= 15 is 0 Å². The van der Waals surface area contributed by atoms with Gasteiger partial charge in [-0.05, 0) is 35.0 Å². The van der Waals surface area contributed by atoms with Crippen LogP contribution in [0.1, 0.15) is 13.0 Å². The fraction of sp³-hybridized carbons (Fsp3) is 0.133. The van der Waals surface area contributed by atoms with Crippen molar-refractivity contribution in [3.05, 3.63) is 53.4 Å². The lowest BCUT2D eigenvalue weighted by molar-refractivity contribution is -0.119. The molecule has 2 heterocycles. The van der Waals surface area contributed by atoms with E-state index in [1.165, 1.54) is 0 Å². The predicted octanol–water partition coefficient (Wildman–Crippen LogP) is 3.39. The number of rotatable bonds is 3. The summed E-state index contributed by atoms with van der Waals surface area (Å²) in [6, 6.07) is 9.14. The molecule has 3 rings (SSSR count). The fourth-order valence-electron chi connectivity index (χ4n) is 2.09. The number of para-hydroxylation sites is 1. The molecule has 1 aromatic carbocycles. The van der Waals surface area contributed by atoms with Crippen molar-refractivity contribution < 1.29 is 4.79 Å². The number of nitrogens with one attached hydrogen (secondary N) is 1. The van der Waals surface area contributed by atoms with Crippen molar-refractivity contribution in [3.8, 4) is 0 Å². The van der Waals surface area contributed by atoms with Crippen molar-refractivity contribution in [3.63, 3.8) is 0 Å². The van der Waals surface area contributed by atoms with E-state index in [4.69, 9.17) is 0 Å². The number of carbonyl (C=O) groups is 1. The summed E-state index contributed by atoms with van der Waals surface area (Å²) in [5, 5.41) is 8.04. The highest BCUT2D eigenvalue weighted by Crippen LogP contribution is 2.22. The minimum Gasteiger partial charge on any atom is -0.322 e. The minimum atomic E-state index is -0.407. The highest BCUT2D eigenvalue weighted by molar-refractivity contribution is 9.10. The van der Waals surface area contributed by atoms with Crippen LogP contribution in [0.4, 0.5) is 5.69 Å². The van der Waals surface area contributed by atoms with Crippen LogP contribution < -0.4 is 5.32 Å². The molecule has 1 atom stereocenters. The van der Waals surface area contributed by atoms with Gasteiger partial charge in [-0.2, -0.15) is 5.10 Å². The van der Waals surface area contributed by atoms with Crippen molar-refractivity contribution in [1.29, 1.82) is 0 Å². The molecule has 0 aliphatic carbocycles. The van der Waals surface area contributed by atoms with Gasteiger partial charge in [0.15, 0.2) is 0 Å². The Labute approximate surface area is 130 Å². The second-order valence-electron chi connectivity index (χ2n) is 4.68. The third-order valence-electron chi connectivity index (χ3n) is 3.24. The summed E-state index contributed by atoms with van der Waals surface area (Å²) >= 11 is 3.32. The molecule has 0 fully saturated rings. The van der Waals surface area contributed by atoms with Crippen LogP contribution in [0.3, 0.4) is 0 Å². The Morgan fingerprint density at radius 2 is 2.14 bits per heavy atom. The van der Waals surface area contributed by atoms with Crippen molar-refractivity contribution in [2.45, 2.75) is 13.0 Å². The third kappa shape index (κ3) is 2.80. The molecule has 0 unspecified atom stereocenters. The molecule has 5 nitrogen and oxygen atoms in total.